The monoisotopic (exact) mass is 311 g/mol. The third-order valence-corrected chi connectivity index (χ3v) is 3.90. The Hall–Kier alpha value is -2.43. The van der Waals surface area contributed by atoms with Gasteiger partial charge in [0.1, 0.15) is 0 Å². The van der Waals surface area contributed by atoms with Gasteiger partial charge in [-0.05, 0) is 50.3 Å². The largest absolute Gasteiger partial charge is 0.481 e. The third-order valence-electron chi connectivity index (χ3n) is 3.90. The number of benzene rings is 1. The van der Waals surface area contributed by atoms with Gasteiger partial charge >= 0.3 is 5.97 Å². The second-order valence-electron chi connectivity index (χ2n) is 5.97. The molecule has 1 aromatic carbocycles. The van der Waals surface area contributed by atoms with Crippen LogP contribution in [0.2, 0.25) is 0 Å². The number of nitrogens with zero attached hydrogens (tertiary/aromatic N) is 2. The summed E-state index contributed by atoms with van der Waals surface area (Å²) in [5, 5.41) is 12.0. The molecule has 0 saturated heterocycles. The highest BCUT2D eigenvalue weighted by molar-refractivity contribution is 5.66. The van der Waals surface area contributed by atoms with Crippen LogP contribution in [0.4, 0.5) is 11.6 Å². The first kappa shape index (κ1) is 15.5. The number of carboxylic acid groups (broad SMARTS) is 1. The number of hydrogen-bond acceptors (Lipinski definition) is 4. The summed E-state index contributed by atoms with van der Waals surface area (Å²) in [4.78, 5) is 19.8. The molecule has 5 heteroatoms. The zero-order valence-electron chi connectivity index (χ0n) is 13.0. The number of para-hydroxylation sites is 1. The molecule has 0 amide bonds. The van der Waals surface area contributed by atoms with Crippen molar-refractivity contribution >= 4 is 17.6 Å². The summed E-state index contributed by atoms with van der Waals surface area (Å²) in [5.41, 5.74) is 3.06. The quantitative estimate of drug-likeness (QED) is 0.723. The average Bonchev–Trinajstić information content (AvgIpc) is 3.37. The van der Waals surface area contributed by atoms with Crippen molar-refractivity contribution in [1.29, 1.82) is 0 Å². The maximum Gasteiger partial charge on any atom is 0.303 e. The second-order valence-corrected chi connectivity index (χ2v) is 5.97. The van der Waals surface area contributed by atoms with E-state index < -0.39 is 5.97 Å². The van der Waals surface area contributed by atoms with Crippen molar-refractivity contribution in [1.82, 2.24) is 9.97 Å². The SMILES string of the molecule is O=C(O)CCCCc1cc(C2CC2)nc(Nc2ccccc2)n1. The first-order chi connectivity index (χ1) is 11.2. The Kier molecular flexibility index (Phi) is 4.86. The van der Waals surface area contributed by atoms with Gasteiger partial charge in [-0.2, -0.15) is 0 Å². The Balaban J connectivity index is 1.70. The highest BCUT2D eigenvalue weighted by atomic mass is 16.4. The molecule has 0 spiro atoms. The van der Waals surface area contributed by atoms with Crippen LogP contribution in [0.25, 0.3) is 0 Å². The molecule has 23 heavy (non-hydrogen) atoms. The molecule has 1 aliphatic carbocycles. The Bertz CT molecular complexity index is 669. The van der Waals surface area contributed by atoms with Crippen LogP contribution in [0.5, 0.6) is 0 Å². The van der Waals surface area contributed by atoms with Gasteiger partial charge in [0, 0.05) is 29.4 Å². The Morgan fingerprint density at radius 2 is 1.96 bits per heavy atom. The first-order valence-electron chi connectivity index (χ1n) is 8.12. The Morgan fingerprint density at radius 1 is 1.17 bits per heavy atom. The van der Waals surface area contributed by atoms with Crippen LogP contribution in [0, 0.1) is 0 Å². The van der Waals surface area contributed by atoms with Gasteiger partial charge in [0.15, 0.2) is 0 Å². The molecule has 0 radical (unpaired) electrons. The Morgan fingerprint density at radius 3 is 2.65 bits per heavy atom. The van der Waals surface area contributed by atoms with Crippen molar-refractivity contribution < 1.29 is 9.90 Å². The lowest BCUT2D eigenvalue weighted by atomic mass is 10.1. The first-order valence-corrected chi connectivity index (χ1v) is 8.12. The molecule has 3 rings (SSSR count). The van der Waals surface area contributed by atoms with Gasteiger partial charge in [0.2, 0.25) is 5.95 Å². The maximum atomic E-state index is 10.6. The molecule has 1 fully saturated rings. The number of rotatable bonds is 8. The van der Waals surface area contributed by atoms with Crippen LogP contribution in [0.15, 0.2) is 36.4 Å². The van der Waals surface area contributed by atoms with E-state index in [1.807, 2.05) is 30.3 Å². The fourth-order valence-electron chi connectivity index (χ4n) is 2.52. The minimum absolute atomic E-state index is 0.218. The molecule has 2 aromatic rings. The van der Waals surface area contributed by atoms with E-state index in [0.717, 1.165) is 29.9 Å². The van der Waals surface area contributed by atoms with E-state index in [1.54, 1.807) is 0 Å². The molecule has 1 aliphatic rings. The second kappa shape index (κ2) is 7.22. The summed E-state index contributed by atoms with van der Waals surface area (Å²) in [7, 11) is 0. The minimum atomic E-state index is -0.738. The van der Waals surface area contributed by atoms with Crippen molar-refractivity contribution in [2.24, 2.45) is 0 Å². The minimum Gasteiger partial charge on any atom is -0.481 e. The number of aliphatic carboxylic acids is 1. The summed E-state index contributed by atoms with van der Waals surface area (Å²) in [6.07, 6.45) is 4.91. The summed E-state index contributed by atoms with van der Waals surface area (Å²) < 4.78 is 0. The number of carbonyl (C=O) groups is 1. The number of hydrogen-bond donors (Lipinski definition) is 2. The zero-order valence-corrected chi connectivity index (χ0v) is 13.0. The van der Waals surface area contributed by atoms with Gasteiger partial charge in [-0.3, -0.25) is 4.79 Å². The van der Waals surface area contributed by atoms with Gasteiger partial charge in [-0.25, -0.2) is 9.97 Å². The van der Waals surface area contributed by atoms with Crippen molar-refractivity contribution in [3.8, 4) is 0 Å². The molecule has 0 aliphatic heterocycles. The van der Waals surface area contributed by atoms with Crippen LogP contribution in [0.3, 0.4) is 0 Å². The molecule has 1 saturated carbocycles. The predicted octanol–water partition coefficient (Wildman–Crippen LogP) is 3.90. The summed E-state index contributed by atoms with van der Waals surface area (Å²) in [6, 6.07) is 12.0. The molecular weight excluding hydrogens is 290 g/mol. The lowest BCUT2D eigenvalue weighted by Crippen LogP contribution is -2.04. The predicted molar refractivity (Wildman–Crippen MR) is 88.9 cm³/mol. The fraction of sp³-hybridized carbons (Fsp3) is 0.389. The van der Waals surface area contributed by atoms with Crippen LogP contribution in [-0.2, 0) is 11.2 Å². The van der Waals surface area contributed by atoms with E-state index in [-0.39, 0.29) is 6.42 Å². The van der Waals surface area contributed by atoms with Gasteiger partial charge in [-0.1, -0.05) is 18.2 Å². The number of aromatic nitrogens is 2. The van der Waals surface area contributed by atoms with E-state index in [9.17, 15) is 4.79 Å². The number of unbranched alkanes of at least 4 members (excludes halogenated alkanes) is 1. The van der Waals surface area contributed by atoms with Crippen molar-refractivity contribution in [3.05, 3.63) is 47.8 Å². The molecule has 120 valence electrons. The van der Waals surface area contributed by atoms with Crippen LogP contribution < -0.4 is 5.32 Å². The molecule has 0 unspecified atom stereocenters. The van der Waals surface area contributed by atoms with Crippen molar-refractivity contribution in [3.63, 3.8) is 0 Å². The van der Waals surface area contributed by atoms with Crippen LogP contribution in [-0.4, -0.2) is 21.0 Å². The molecule has 1 heterocycles. The molecular formula is C18H21N3O2. The zero-order chi connectivity index (χ0) is 16.1. The van der Waals surface area contributed by atoms with E-state index in [4.69, 9.17) is 5.11 Å². The number of anilines is 2. The Labute approximate surface area is 135 Å². The fourth-order valence-corrected chi connectivity index (χ4v) is 2.52. The van der Waals surface area contributed by atoms with Gasteiger partial charge in [0.05, 0.1) is 0 Å². The highest BCUT2D eigenvalue weighted by Crippen LogP contribution is 2.39. The van der Waals surface area contributed by atoms with Crippen LogP contribution in [0.1, 0.15) is 49.4 Å². The van der Waals surface area contributed by atoms with Crippen molar-refractivity contribution in [2.45, 2.75) is 44.4 Å². The summed E-state index contributed by atoms with van der Waals surface area (Å²) >= 11 is 0. The average molecular weight is 311 g/mol. The molecule has 0 atom stereocenters. The van der Waals surface area contributed by atoms with E-state index in [0.29, 0.717) is 18.3 Å². The third kappa shape index (κ3) is 4.77. The summed E-state index contributed by atoms with van der Waals surface area (Å²) in [6.45, 7) is 0. The lowest BCUT2D eigenvalue weighted by Gasteiger charge is -2.09. The lowest BCUT2D eigenvalue weighted by molar-refractivity contribution is -0.137. The standard InChI is InChI=1S/C18H21N3O2/c22-17(23)9-5-4-8-15-12-16(13-10-11-13)21-18(20-15)19-14-6-2-1-3-7-14/h1-3,6-7,12-13H,4-5,8-11H2,(H,22,23)(H,19,20,21). The van der Waals surface area contributed by atoms with Crippen LogP contribution >= 0.6 is 0 Å². The molecule has 1 aromatic heterocycles. The summed E-state index contributed by atoms with van der Waals surface area (Å²) in [5.74, 6) is 0.457. The number of carboxylic acids is 1. The molecule has 2 N–H and O–H groups in total. The van der Waals surface area contributed by atoms with Gasteiger partial charge in [0.25, 0.3) is 0 Å². The molecule has 0 bridgehead atoms. The van der Waals surface area contributed by atoms with Gasteiger partial charge in [-0.15, -0.1) is 0 Å². The number of aryl methyl sites for hydroxylation is 1. The smallest absolute Gasteiger partial charge is 0.303 e. The van der Waals surface area contributed by atoms with E-state index in [2.05, 4.69) is 21.4 Å². The van der Waals surface area contributed by atoms with E-state index in [1.165, 1.54) is 12.8 Å². The van der Waals surface area contributed by atoms with Gasteiger partial charge < -0.3 is 10.4 Å². The van der Waals surface area contributed by atoms with Crippen molar-refractivity contribution in [2.75, 3.05) is 5.32 Å². The highest BCUT2D eigenvalue weighted by Gasteiger charge is 2.26. The molecule has 5 nitrogen and oxygen atoms in total. The maximum absolute atomic E-state index is 10.6. The normalized spacial score (nSPS) is 13.7. The number of nitrogens with one attached hydrogen (secondary N) is 1. The topological polar surface area (TPSA) is 75.1 Å². The van der Waals surface area contributed by atoms with E-state index >= 15 is 0 Å².